The molecule has 14 heteroatoms. The van der Waals surface area contributed by atoms with E-state index in [2.05, 4.69) is 15.8 Å². The van der Waals surface area contributed by atoms with Crippen LogP contribution in [0, 0.1) is 42.7 Å². The van der Waals surface area contributed by atoms with Crippen LogP contribution in [0.15, 0.2) is 402 Å². The first-order chi connectivity index (χ1) is 97.0. The molecule has 0 aliphatic rings. The van der Waals surface area contributed by atoms with Crippen LogP contribution in [-0.4, -0.2) is 36.5 Å². The van der Waals surface area contributed by atoms with Gasteiger partial charge in [-0.3, -0.25) is 0 Å². The highest BCUT2D eigenvalue weighted by atomic mass is 16.3. The van der Waals surface area contributed by atoms with Crippen molar-refractivity contribution >= 4 is 230 Å². The van der Waals surface area contributed by atoms with Crippen molar-refractivity contribution in [3.05, 3.63) is 444 Å². The molecule has 0 aliphatic carbocycles. The minimum Gasteiger partial charge on any atom is -0.454 e. The van der Waals surface area contributed by atoms with Gasteiger partial charge in [0.15, 0.2) is 11.2 Å². The lowest BCUT2D eigenvalue weighted by atomic mass is 9.82. The van der Waals surface area contributed by atoms with Crippen molar-refractivity contribution in [1.82, 2.24) is 36.5 Å². The van der Waals surface area contributed by atoms with E-state index in [1.165, 1.54) is 4.57 Å². The van der Waals surface area contributed by atoms with Gasteiger partial charge >= 0.3 is 0 Å². The van der Waals surface area contributed by atoms with Crippen LogP contribution in [0.5, 0.6) is 0 Å². The lowest BCUT2D eigenvalue weighted by molar-refractivity contribution is 0.591. The molecule has 20 aromatic carbocycles. The van der Waals surface area contributed by atoms with Crippen molar-refractivity contribution in [2.24, 2.45) is 0 Å². The molecule has 0 atom stereocenters. The van der Waals surface area contributed by atoms with Crippen LogP contribution in [0.3, 0.4) is 0 Å². The number of nitriles is 2. The van der Waals surface area contributed by atoms with Gasteiger partial charge in [-0.05, 0) is 150 Å². The molecule has 14 nitrogen and oxygen atoms in total. The maximum atomic E-state index is 13.0. The molecular formula is C133H86N12O2. The second-order valence-electron chi connectivity index (χ2n) is 36.4. The number of furan rings is 2. The highest BCUT2D eigenvalue weighted by molar-refractivity contribution is 6.27. The smallest absolute Gasteiger partial charge is 0.237 e. The molecule has 0 aliphatic heterocycles. The SMILES string of the molecule is [2H]c1c([2H])c([2H])c2c(c1[2H])c1c([2H])c([2H])c([2H])c([2H])c1n2-c1c(C#N)c(-n2c3c([2H])c([2H])c([2H])c([2H])c3c3c([2H])c([2H])c([2H])c([2H])c32)c(-n2c3ccc(C(C)(C)C)cc3c3cc(C(C)(C)C)c4c5ccccc5oc4c32)c(-n2c3c([2H])c([2H])c([2H])c([2H])c3c3c([2H])c([2H])c([2H])c([2H])c32)c1[N+]#[C-].[2H]c1c([2H])c([2H])c2c(oc3c2c([2H])c([2H])c2c4c([2H])c(C([2H])([2H])[2H])c([2H])c([2H])c4n(-c4c(-n5c6c([2H])c([2H])c([2H])c([2H])c6c6c([2H])c([2H])c([2H])c([2H])c65)c(C#N)c(-n5c6c([2H])c([2H])c([2H])c([2H])c6c6c([2H])c([2H])c([2H])c([2H])c65)c([N+]#[C-])c4-n4c5c([2H])c([2H])c([2H])c([2H])c5c5c([2H])c([2H])c([2H])c([2H])c54)c32)c1[2H]. The molecule has 10 heterocycles. The number of aromatic nitrogens is 8. The summed E-state index contributed by atoms with van der Waals surface area (Å²) in [4.78, 5) is 8.27. The largest absolute Gasteiger partial charge is 0.454 e. The minimum atomic E-state index is -3.60. The molecule has 0 spiro atoms. The van der Waals surface area contributed by atoms with E-state index in [0.717, 1.165) is 24.8 Å². The first-order valence-electron chi connectivity index (χ1n) is 74.9. The Morgan fingerprint density at radius 1 is 0.272 bits per heavy atom. The highest BCUT2D eigenvalue weighted by Crippen LogP contribution is 2.58. The van der Waals surface area contributed by atoms with E-state index in [0.29, 0.717) is 45.4 Å². The van der Waals surface area contributed by atoms with Crippen LogP contribution >= 0.6 is 0 Å². The van der Waals surface area contributed by atoms with Crippen molar-refractivity contribution in [3.63, 3.8) is 0 Å². The van der Waals surface area contributed by atoms with Gasteiger partial charge in [0.1, 0.15) is 23.3 Å². The van der Waals surface area contributed by atoms with E-state index in [4.69, 9.17) is 26.7 Å². The summed E-state index contributed by atoms with van der Waals surface area (Å²) in [5.41, 5.74) is -26.9. The molecule has 0 radical (unpaired) electrons. The van der Waals surface area contributed by atoms with E-state index in [9.17, 15) is 88.1 Å². The summed E-state index contributed by atoms with van der Waals surface area (Å²) in [5.74, 6) is 0. The molecule has 690 valence electrons. The summed E-state index contributed by atoms with van der Waals surface area (Å²) in [6.45, 7) is 28.0. The van der Waals surface area contributed by atoms with Gasteiger partial charge < -0.3 is 45.4 Å². The predicted molar refractivity (Wildman–Crippen MR) is 606 cm³/mol. The molecule has 0 fully saturated rings. The summed E-state index contributed by atoms with van der Waals surface area (Å²) in [6, 6.07) is -40.7. The van der Waals surface area contributed by atoms with Gasteiger partial charge in [-0.2, -0.15) is 10.5 Å². The fourth-order valence-electron chi connectivity index (χ4n) is 20.9. The Labute approximate surface area is 926 Å². The monoisotopic (exact) mass is 1940 g/mol. The van der Waals surface area contributed by atoms with Crippen LogP contribution in [0.1, 0.15) is 152 Å². The van der Waals surface area contributed by atoms with Gasteiger partial charge in [-0.15, -0.1) is 0 Å². The second-order valence-corrected chi connectivity index (χ2v) is 36.4. The average Bonchev–Trinajstić information content (AvgIpc) is 1.50. The number of benzene rings is 20. The molecule has 0 unspecified atom stereocenters. The Hall–Kier alpha value is -19.6. The van der Waals surface area contributed by atoms with Crippen LogP contribution < -0.4 is 0 Å². The maximum absolute atomic E-state index is 13.0. The fourth-order valence-corrected chi connectivity index (χ4v) is 20.9. The second kappa shape index (κ2) is 31.2. The maximum Gasteiger partial charge on any atom is 0.237 e. The molecule has 30 aromatic rings. The Bertz CT molecular complexity index is 14400. The topological polar surface area (TPSA) is 122 Å². The number of nitrogens with zero attached hydrogens (tertiary/aromatic N) is 12. The number of hydrogen-bond donors (Lipinski definition) is 0. The molecule has 30 rings (SSSR count). The van der Waals surface area contributed by atoms with Gasteiger partial charge in [0.2, 0.25) is 11.4 Å². The summed E-state index contributed by atoms with van der Waals surface area (Å²) in [5, 5.41) is 16.2. The first-order valence-corrected chi connectivity index (χ1v) is 44.9. The van der Waals surface area contributed by atoms with Crippen LogP contribution in [0.25, 0.3) is 274 Å². The summed E-state index contributed by atoms with van der Waals surface area (Å²) < 4.78 is 590. The zero-order chi connectivity index (χ0) is 151. The van der Waals surface area contributed by atoms with E-state index >= 15 is 0 Å². The number of rotatable bonds is 8. The third-order valence-electron chi connectivity index (χ3n) is 26.8. The Balaban J connectivity index is 0.000000178. The lowest BCUT2D eigenvalue weighted by Crippen LogP contribution is -2.15. The summed E-state index contributed by atoms with van der Waals surface area (Å²) >= 11 is 0. The van der Waals surface area contributed by atoms with Gasteiger partial charge in [0.05, 0.1) is 236 Å². The summed E-state index contributed by atoms with van der Waals surface area (Å²) in [7, 11) is 0. The third-order valence-corrected chi connectivity index (χ3v) is 26.8. The van der Waals surface area contributed by atoms with Crippen molar-refractivity contribution in [1.29, 1.82) is 10.5 Å². The highest BCUT2D eigenvalue weighted by Gasteiger charge is 2.40. The molecule has 0 N–H and O–H groups in total. The quantitative estimate of drug-likeness (QED) is 0.141. The minimum absolute atomic E-state index is 0.0783. The Morgan fingerprint density at radius 3 is 0.966 bits per heavy atom. The van der Waals surface area contributed by atoms with E-state index in [1.807, 2.05) is 65.8 Å². The standard InChI is InChI=1S/C70H50N6O.C63H36N6O/c1-69(2,3)41-36-37-59-49(38-41)50-39-52(70(4,5)6)61-48-28-14-21-35-60(48)77-68(61)65(50)76(59)67-64(74-55-31-17-10-24-44(55)45-25-11-18-32-56(45)74)51(40-71)63(73-53-29-15-8-22-42(53)43-23-9-16-30-54(43)73)62(72-7)66(67)75-57-33-19-12-26-46(57)47-27-13-20-34-58(47)75;1-37-31-34-55-47(35-37)45-32-33-46-44-23-9-16-30-56(44)70-63(46)60(45)69(55)62-59(67-51-26-12-5-19-40(51)41-20-6-13-27-52(41)67)48(36-64)58(66-49-24-10-3-17-38(49)39-18-4-11-25-50(39)66)57(65-2)61(62)68-53-28-14-7-21-42(53)43-22-8-15-29-54(43)68/h8-39H,1-6H3;3-35H,1H3/i8D,9D,10D,11D,12D,13D,15D,16D,17D,18D,19D,20D,22D,23D,24D,25D,26D,27D,29D,30D,31D,32D,33D,34D;1D3,3D,4D,5D,6D,7D,8D,9D,10D,11D,12D,13D,14D,15D,16D,17D,18D,19D,20D,21D,22D,23D,24D,25D,26D,27D,28D,29D,30D,31D,32D,33D,34D,35D. The fraction of sp³-hybridized carbons (Fsp3) is 0.0677. The number of para-hydroxylation sites is 14. The molecular weight excluding hydrogens is 1800 g/mol. The number of fused-ring (bicyclic) bond motifs is 32. The average molecular weight is 1940 g/mol. The molecule has 0 bridgehead atoms. The lowest BCUT2D eigenvalue weighted by Gasteiger charge is -2.27. The van der Waals surface area contributed by atoms with Crippen molar-refractivity contribution < 1.29 is 91.1 Å². The predicted octanol–water partition coefficient (Wildman–Crippen LogP) is 35.7. The molecule has 0 saturated carbocycles. The van der Waals surface area contributed by atoms with Crippen molar-refractivity contribution in [3.8, 4) is 57.6 Å². The van der Waals surface area contributed by atoms with Crippen LogP contribution in [0.4, 0.5) is 11.4 Å². The van der Waals surface area contributed by atoms with E-state index < -0.39 is 610 Å². The van der Waals surface area contributed by atoms with Crippen LogP contribution in [0.2, 0.25) is 0 Å². The van der Waals surface area contributed by atoms with Crippen molar-refractivity contribution in [2.75, 3.05) is 0 Å². The van der Waals surface area contributed by atoms with Gasteiger partial charge in [0.25, 0.3) is 0 Å². The van der Waals surface area contributed by atoms with Gasteiger partial charge in [-0.25, -0.2) is 9.69 Å². The third kappa shape index (κ3) is 11.7. The number of hydrogen-bond acceptors (Lipinski definition) is 4. The molecule has 10 aromatic heterocycles. The molecule has 0 amide bonds. The Kier molecular flexibility index (Phi) is 9.30. The Morgan fingerprint density at radius 2 is 0.599 bits per heavy atom. The zero-order valence-corrected chi connectivity index (χ0v) is 76.3. The van der Waals surface area contributed by atoms with Crippen LogP contribution in [-0.2, 0) is 10.8 Å². The summed E-state index contributed by atoms with van der Waals surface area (Å²) in [6.07, 6.45) is 0. The zero-order valence-electron chi connectivity index (χ0n) is 136. The molecule has 147 heavy (non-hydrogen) atoms. The van der Waals surface area contributed by atoms with Gasteiger partial charge in [0, 0.05) is 112 Å². The first kappa shape index (κ1) is 43.8. The van der Waals surface area contributed by atoms with Crippen molar-refractivity contribution in [2.45, 2.75) is 59.2 Å². The van der Waals surface area contributed by atoms with Gasteiger partial charge in [-0.1, -0.05) is 319 Å². The van der Waals surface area contributed by atoms with E-state index in [1.54, 1.807) is 30.3 Å². The van der Waals surface area contributed by atoms with E-state index in [-0.39, 0.29) is 16.6 Å². The molecule has 0 saturated heterocycles. The normalized spacial score (nSPS) is 18.1.